The van der Waals surface area contributed by atoms with E-state index in [1.807, 2.05) is 6.92 Å². The maximum absolute atomic E-state index is 12.0. The van der Waals surface area contributed by atoms with E-state index < -0.39 is 0 Å². The molecule has 2 nitrogen and oxygen atoms in total. The minimum Gasteiger partial charge on any atom is -0.349 e. The number of hydrogen-bond acceptors (Lipinski definition) is 1. The van der Waals surface area contributed by atoms with Crippen molar-refractivity contribution >= 4 is 40.7 Å². The van der Waals surface area contributed by atoms with Gasteiger partial charge < -0.3 is 5.32 Å². The quantitative estimate of drug-likeness (QED) is 0.813. The molecule has 0 fully saturated rings. The number of alkyl halides is 1. The van der Waals surface area contributed by atoms with Crippen molar-refractivity contribution in [2.24, 2.45) is 0 Å². The van der Waals surface area contributed by atoms with Crippen LogP contribution in [0.1, 0.15) is 30.1 Å². The van der Waals surface area contributed by atoms with Crippen LogP contribution in [0.2, 0.25) is 10.0 Å². The molecular formula is C12H14Cl3NO. The predicted octanol–water partition coefficient (Wildman–Crippen LogP) is 4.13. The zero-order valence-corrected chi connectivity index (χ0v) is 11.7. The second-order valence-corrected chi connectivity index (χ2v) is 4.90. The van der Waals surface area contributed by atoms with E-state index >= 15 is 0 Å². The molecule has 1 aromatic rings. The average molecular weight is 295 g/mol. The first-order valence-electron chi connectivity index (χ1n) is 5.40. The summed E-state index contributed by atoms with van der Waals surface area (Å²) in [5.74, 6) is 0.302. The van der Waals surface area contributed by atoms with Gasteiger partial charge in [-0.15, -0.1) is 11.6 Å². The summed E-state index contributed by atoms with van der Waals surface area (Å²) in [6.07, 6.45) is 1.57. The highest BCUT2D eigenvalue weighted by Crippen LogP contribution is 2.20. The average Bonchev–Trinajstić information content (AvgIpc) is 2.31. The van der Waals surface area contributed by atoms with Crippen molar-refractivity contribution in [1.29, 1.82) is 0 Å². The number of hydrogen-bond donors (Lipinski definition) is 1. The van der Waals surface area contributed by atoms with E-state index in [0.717, 1.165) is 12.8 Å². The van der Waals surface area contributed by atoms with Gasteiger partial charge in [-0.05, 0) is 31.0 Å². The highest BCUT2D eigenvalue weighted by Gasteiger charge is 2.14. The fourth-order valence-electron chi connectivity index (χ4n) is 1.44. The summed E-state index contributed by atoms with van der Waals surface area (Å²) >= 11 is 17.4. The SMILES string of the molecule is CCC(CCCl)NC(=O)c1cc(Cl)ccc1Cl. The fraction of sp³-hybridized carbons (Fsp3) is 0.417. The van der Waals surface area contributed by atoms with Gasteiger partial charge in [0.05, 0.1) is 10.6 Å². The maximum Gasteiger partial charge on any atom is 0.253 e. The van der Waals surface area contributed by atoms with Crippen molar-refractivity contribution in [3.05, 3.63) is 33.8 Å². The third-order valence-electron chi connectivity index (χ3n) is 2.46. The van der Waals surface area contributed by atoms with Crippen molar-refractivity contribution in [2.45, 2.75) is 25.8 Å². The lowest BCUT2D eigenvalue weighted by molar-refractivity contribution is 0.0935. The molecule has 0 spiro atoms. The zero-order valence-electron chi connectivity index (χ0n) is 9.47. The Labute approximate surface area is 116 Å². The molecule has 0 saturated carbocycles. The topological polar surface area (TPSA) is 29.1 Å². The van der Waals surface area contributed by atoms with Gasteiger partial charge in [0.15, 0.2) is 0 Å². The summed E-state index contributed by atoms with van der Waals surface area (Å²) in [5, 5.41) is 3.77. The lowest BCUT2D eigenvalue weighted by Gasteiger charge is -2.16. The maximum atomic E-state index is 12.0. The van der Waals surface area contributed by atoms with Gasteiger partial charge >= 0.3 is 0 Å². The molecule has 0 radical (unpaired) electrons. The molecule has 0 bridgehead atoms. The Hall–Kier alpha value is -0.440. The Morgan fingerprint density at radius 3 is 2.71 bits per heavy atom. The molecule has 0 saturated heterocycles. The van der Waals surface area contributed by atoms with E-state index in [1.54, 1.807) is 18.2 Å². The summed E-state index contributed by atoms with van der Waals surface area (Å²) in [5.41, 5.74) is 0.396. The molecule has 94 valence electrons. The third kappa shape index (κ3) is 4.38. The monoisotopic (exact) mass is 293 g/mol. The zero-order chi connectivity index (χ0) is 12.8. The molecule has 0 heterocycles. The molecule has 5 heteroatoms. The van der Waals surface area contributed by atoms with Crippen LogP contribution in [0.15, 0.2) is 18.2 Å². The Morgan fingerprint density at radius 1 is 1.41 bits per heavy atom. The molecular weight excluding hydrogens is 280 g/mol. The first kappa shape index (κ1) is 14.6. The van der Waals surface area contributed by atoms with Crippen LogP contribution < -0.4 is 5.32 Å². The van der Waals surface area contributed by atoms with Gasteiger partial charge in [-0.1, -0.05) is 30.1 Å². The van der Waals surface area contributed by atoms with E-state index in [2.05, 4.69) is 5.32 Å². The Morgan fingerprint density at radius 2 is 2.12 bits per heavy atom. The smallest absolute Gasteiger partial charge is 0.253 e. The highest BCUT2D eigenvalue weighted by molar-refractivity contribution is 6.35. The summed E-state index contributed by atoms with van der Waals surface area (Å²) in [7, 11) is 0. The van der Waals surface area contributed by atoms with Crippen LogP contribution in [0.5, 0.6) is 0 Å². The molecule has 1 amide bonds. The predicted molar refractivity (Wildman–Crippen MR) is 73.3 cm³/mol. The number of amides is 1. The van der Waals surface area contributed by atoms with Gasteiger partial charge in [0.2, 0.25) is 0 Å². The first-order valence-corrected chi connectivity index (χ1v) is 6.69. The number of nitrogens with one attached hydrogen (secondary N) is 1. The summed E-state index contributed by atoms with van der Waals surface area (Å²) in [6.45, 7) is 2.00. The molecule has 17 heavy (non-hydrogen) atoms. The summed E-state index contributed by atoms with van der Waals surface area (Å²) in [6, 6.07) is 4.89. The molecule has 0 aliphatic rings. The van der Waals surface area contributed by atoms with Crippen LogP contribution in [0, 0.1) is 0 Å². The molecule has 1 N–H and O–H groups in total. The standard InChI is InChI=1S/C12H14Cl3NO/c1-2-9(5-6-13)16-12(17)10-7-8(14)3-4-11(10)15/h3-4,7,9H,2,5-6H2,1H3,(H,16,17). The Balaban J connectivity index is 2.78. The van der Waals surface area contributed by atoms with Crippen LogP contribution in [0.25, 0.3) is 0 Å². The fourth-order valence-corrected chi connectivity index (χ4v) is 2.08. The lowest BCUT2D eigenvalue weighted by atomic mass is 10.1. The minimum absolute atomic E-state index is 0.0649. The molecule has 1 aromatic carbocycles. The van der Waals surface area contributed by atoms with E-state index in [1.165, 1.54) is 0 Å². The summed E-state index contributed by atoms with van der Waals surface area (Å²) < 4.78 is 0. The molecule has 1 atom stereocenters. The molecule has 0 aliphatic carbocycles. The number of rotatable bonds is 5. The van der Waals surface area contributed by atoms with Gasteiger partial charge in [0.25, 0.3) is 5.91 Å². The largest absolute Gasteiger partial charge is 0.349 e. The van der Waals surface area contributed by atoms with Crippen LogP contribution >= 0.6 is 34.8 Å². The normalized spacial score (nSPS) is 12.2. The van der Waals surface area contributed by atoms with Crippen LogP contribution in [-0.2, 0) is 0 Å². The van der Waals surface area contributed by atoms with Crippen molar-refractivity contribution in [1.82, 2.24) is 5.32 Å². The second kappa shape index (κ2) is 7.10. The Bertz CT molecular complexity index is 395. The van der Waals surface area contributed by atoms with Crippen LogP contribution in [-0.4, -0.2) is 17.8 Å². The van der Waals surface area contributed by atoms with E-state index in [0.29, 0.717) is 21.5 Å². The highest BCUT2D eigenvalue weighted by atomic mass is 35.5. The van der Waals surface area contributed by atoms with Crippen LogP contribution in [0.3, 0.4) is 0 Å². The van der Waals surface area contributed by atoms with Gasteiger partial charge in [-0.2, -0.15) is 0 Å². The van der Waals surface area contributed by atoms with Crippen molar-refractivity contribution in [3.8, 4) is 0 Å². The summed E-state index contributed by atoms with van der Waals surface area (Å²) in [4.78, 5) is 12.0. The van der Waals surface area contributed by atoms with E-state index in [9.17, 15) is 4.79 Å². The molecule has 0 aromatic heterocycles. The van der Waals surface area contributed by atoms with Crippen molar-refractivity contribution < 1.29 is 4.79 Å². The van der Waals surface area contributed by atoms with Crippen molar-refractivity contribution in [3.63, 3.8) is 0 Å². The van der Waals surface area contributed by atoms with Gasteiger partial charge in [0.1, 0.15) is 0 Å². The van der Waals surface area contributed by atoms with Gasteiger partial charge in [-0.3, -0.25) is 4.79 Å². The number of halogens is 3. The van der Waals surface area contributed by atoms with E-state index in [-0.39, 0.29) is 11.9 Å². The van der Waals surface area contributed by atoms with Crippen molar-refractivity contribution in [2.75, 3.05) is 5.88 Å². The van der Waals surface area contributed by atoms with Gasteiger partial charge in [-0.25, -0.2) is 0 Å². The lowest BCUT2D eigenvalue weighted by Crippen LogP contribution is -2.34. The molecule has 0 aliphatic heterocycles. The third-order valence-corrected chi connectivity index (χ3v) is 3.24. The first-order chi connectivity index (χ1) is 8.08. The van der Waals surface area contributed by atoms with E-state index in [4.69, 9.17) is 34.8 Å². The number of carbonyl (C=O) groups is 1. The number of carbonyl (C=O) groups excluding carboxylic acids is 1. The molecule has 1 unspecified atom stereocenters. The number of benzene rings is 1. The second-order valence-electron chi connectivity index (χ2n) is 3.68. The molecule has 1 rings (SSSR count). The minimum atomic E-state index is -0.213. The Kier molecular flexibility index (Phi) is 6.10. The van der Waals surface area contributed by atoms with Crippen LogP contribution in [0.4, 0.5) is 0 Å². The van der Waals surface area contributed by atoms with Gasteiger partial charge in [0, 0.05) is 16.9 Å².